The first-order valence-corrected chi connectivity index (χ1v) is 3.19. The third-order valence-electron chi connectivity index (χ3n) is 1.63. The van der Waals surface area contributed by atoms with Gasteiger partial charge in [0.05, 0.1) is 5.71 Å². The minimum absolute atomic E-state index is 0.321. The highest BCUT2D eigenvalue weighted by atomic mass is 19.1. The van der Waals surface area contributed by atoms with Gasteiger partial charge < -0.3 is 5.21 Å². The van der Waals surface area contributed by atoms with Gasteiger partial charge in [0.25, 0.3) is 0 Å². The molecule has 0 aromatic rings. The Morgan fingerprint density at radius 2 is 2.33 bits per heavy atom. The summed E-state index contributed by atoms with van der Waals surface area (Å²) in [5.41, 5.74) is 0.321. The second kappa shape index (κ2) is 2.80. The number of nitrogens with zero attached hydrogens (tertiary/aromatic N) is 1. The molecule has 0 saturated heterocycles. The molecule has 0 bridgehead atoms. The van der Waals surface area contributed by atoms with Crippen molar-refractivity contribution in [2.75, 3.05) is 0 Å². The first kappa shape index (κ1) is 6.52. The molecule has 0 aromatic carbocycles. The van der Waals surface area contributed by atoms with Crippen LogP contribution in [0.5, 0.6) is 0 Å². The molecule has 1 N–H and O–H groups in total. The average Bonchev–Trinajstić information content (AvgIpc) is 1.89. The maximum atomic E-state index is 12.6. The fourth-order valence-corrected chi connectivity index (χ4v) is 1.07. The van der Waals surface area contributed by atoms with Crippen LogP contribution in [-0.4, -0.2) is 17.1 Å². The van der Waals surface area contributed by atoms with E-state index in [0.29, 0.717) is 18.6 Å². The minimum atomic E-state index is -0.983. The zero-order chi connectivity index (χ0) is 6.69. The molecule has 0 spiro atoms. The molecule has 0 aromatic heterocycles. The lowest BCUT2D eigenvalue weighted by molar-refractivity contribution is 0.294. The summed E-state index contributed by atoms with van der Waals surface area (Å²) in [5.74, 6) is 0. The monoisotopic (exact) mass is 131 g/mol. The normalized spacial score (nSPS) is 33.0. The topological polar surface area (TPSA) is 32.6 Å². The second-order valence-electron chi connectivity index (χ2n) is 2.30. The number of hydrogen-bond donors (Lipinski definition) is 1. The van der Waals surface area contributed by atoms with Gasteiger partial charge in [-0.2, -0.15) is 0 Å². The molecule has 52 valence electrons. The molecule has 1 unspecified atom stereocenters. The van der Waals surface area contributed by atoms with Gasteiger partial charge in [-0.05, 0) is 25.7 Å². The molecule has 2 nitrogen and oxygen atoms in total. The zero-order valence-corrected chi connectivity index (χ0v) is 5.18. The third-order valence-corrected chi connectivity index (χ3v) is 1.63. The van der Waals surface area contributed by atoms with Gasteiger partial charge in [-0.25, -0.2) is 4.39 Å². The Kier molecular flexibility index (Phi) is 2.03. The summed E-state index contributed by atoms with van der Waals surface area (Å²) in [6, 6.07) is 0. The Morgan fingerprint density at radius 1 is 1.56 bits per heavy atom. The molecule has 9 heavy (non-hydrogen) atoms. The molecule has 1 rings (SSSR count). The SMILES string of the molecule is O/N=C1/CCCCC1F. The molecule has 0 amide bonds. The predicted molar refractivity (Wildman–Crippen MR) is 32.6 cm³/mol. The van der Waals surface area contributed by atoms with E-state index >= 15 is 0 Å². The van der Waals surface area contributed by atoms with Crippen molar-refractivity contribution in [1.29, 1.82) is 0 Å². The number of rotatable bonds is 0. The summed E-state index contributed by atoms with van der Waals surface area (Å²) in [4.78, 5) is 0. The Morgan fingerprint density at radius 3 is 2.78 bits per heavy atom. The van der Waals surface area contributed by atoms with Crippen LogP contribution in [0.4, 0.5) is 4.39 Å². The minimum Gasteiger partial charge on any atom is -0.411 e. The van der Waals surface area contributed by atoms with Gasteiger partial charge in [0.1, 0.15) is 6.17 Å². The Labute approximate surface area is 53.4 Å². The summed E-state index contributed by atoms with van der Waals surface area (Å²) in [6.07, 6.45) is 2.04. The van der Waals surface area contributed by atoms with E-state index < -0.39 is 6.17 Å². The highest BCUT2D eigenvalue weighted by Gasteiger charge is 2.19. The largest absolute Gasteiger partial charge is 0.411 e. The van der Waals surface area contributed by atoms with Crippen LogP contribution in [0.1, 0.15) is 25.7 Å². The summed E-state index contributed by atoms with van der Waals surface area (Å²) in [7, 11) is 0. The van der Waals surface area contributed by atoms with Crippen molar-refractivity contribution in [2.24, 2.45) is 5.16 Å². The van der Waals surface area contributed by atoms with Crippen molar-refractivity contribution in [3.63, 3.8) is 0 Å². The standard InChI is InChI=1S/C6H10FNO/c7-5-3-1-2-4-6(5)8-9/h5,9H,1-4H2/b8-6-. The van der Waals surface area contributed by atoms with Crippen molar-refractivity contribution in [2.45, 2.75) is 31.9 Å². The first-order chi connectivity index (χ1) is 4.34. The molecular formula is C6H10FNO. The maximum Gasteiger partial charge on any atom is 0.141 e. The van der Waals surface area contributed by atoms with E-state index in [0.717, 1.165) is 12.8 Å². The van der Waals surface area contributed by atoms with E-state index in [9.17, 15) is 4.39 Å². The summed E-state index contributed by atoms with van der Waals surface area (Å²) >= 11 is 0. The van der Waals surface area contributed by atoms with Gasteiger partial charge in [0, 0.05) is 0 Å². The van der Waals surface area contributed by atoms with Gasteiger partial charge in [-0.1, -0.05) is 5.16 Å². The molecule has 0 aliphatic heterocycles. The lowest BCUT2D eigenvalue weighted by Gasteiger charge is -2.14. The molecule has 1 fully saturated rings. The van der Waals surface area contributed by atoms with Crippen molar-refractivity contribution >= 4 is 5.71 Å². The molecule has 1 aliphatic rings. The smallest absolute Gasteiger partial charge is 0.141 e. The van der Waals surface area contributed by atoms with Crippen molar-refractivity contribution in [3.8, 4) is 0 Å². The molecule has 1 atom stereocenters. The Hall–Kier alpha value is -0.600. The van der Waals surface area contributed by atoms with Crippen molar-refractivity contribution in [1.82, 2.24) is 0 Å². The van der Waals surface area contributed by atoms with Crippen molar-refractivity contribution < 1.29 is 9.60 Å². The predicted octanol–water partition coefficient (Wildman–Crippen LogP) is 1.73. The summed E-state index contributed by atoms with van der Waals surface area (Å²) < 4.78 is 12.6. The van der Waals surface area contributed by atoms with Gasteiger partial charge >= 0.3 is 0 Å². The summed E-state index contributed by atoms with van der Waals surface area (Å²) in [6.45, 7) is 0. The lowest BCUT2D eigenvalue weighted by Crippen LogP contribution is -2.19. The molecule has 0 heterocycles. The van der Waals surface area contributed by atoms with Crippen LogP contribution in [0.25, 0.3) is 0 Å². The van der Waals surface area contributed by atoms with Crippen LogP contribution in [0, 0.1) is 0 Å². The van der Waals surface area contributed by atoms with Crippen LogP contribution >= 0.6 is 0 Å². The molecule has 1 aliphatic carbocycles. The average molecular weight is 131 g/mol. The molecule has 0 radical (unpaired) electrons. The zero-order valence-electron chi connectivity index (χ0n) is 5.18. The Bertz CT molecular complexity index is 124. The van der Waals surface area contributed by atoms with Crippen LogP contribution < -0.4 is 0 Å². The van der Waals surface area contributed by atoms with Gasteiger partial charge in [0.2, 0.25) is 0 Å². The van der Waals surface area contributed by atoms with E-state index in [-0.39, 0.29) is 0 Å². The van der Waals surface area contributed by atoms with Crippen LogP contribution in [0.15, 0.2) is 5.16 Å². The second-order valence-corrected chi connectivity index (χ2v) is 2.30. The van der Waals surface area contributed by atoms with E-state index in [1.54, 1.807) is 0 Å². The van der Waals surface area contributed by atoms with E-state index in [2.05, 4.69) is 5.16 Å². The number of oxime groups is 1. The van der Waals surface area contributed by atoms with Crippen LogP contribution in [0.2, 0.25) is 0 Å². The quantitative estimate of drug-likeness (QED) is 0.394. The van der Waals surface area contributed by atoms with E-state index in [1.807, 2.05) is 0 Å². The van der Waals surface area contributed by atoms with Gasteiger partial charge in [-0.15, -0.1) is 0 Å². The van der Waals surface area contributed by atoms with Gasteiger partial charge in [-0.3, -0.25) is 0 Å². The highest BCUT2D eigenvalue weighted by Crippen LogP contribution is 2.17. The molecular weight excluding hydrogens is 121 g/mol. The maximum absolute atomic E-state index is 12.6. The Balaban J connectivity index is 2.49. The lowest BCUT2D eigenvalue weighted by atomic mass is 9.97. The fourth-order valence-electron chi connectivity index (χ4n) is 1.07. The summed E-state index contributed by atoms with van der Waals surface area (Å²) in [5, 5.41) is 11.1. The first-order valence-electron chi connectivity index (χ1n) is 3.19. The number of alkyl halides is 1. The molecule has 1 saturated carbocycles. The van der Waals surface area contributed by atoms with E-state index in [4.69, 9.17) is 5.21 Å². The van der Waals surface area contributed by atoms with Crippen LogP contribution in [0.3, 0.4) is 0 Å². The highest BCUT2D eigenvalue weighted by molar-refractivity contribution is 5.88. The molecule has 3 heteroatoms. The number of hydrogen-bond acceptors (Lipinski definition) is 2. The third kappa shape index (κ3) is 1.40. The van der Waals surface area contributed by atoms with E-state index in [1.165, 1.54) is 0 Å². The fraction of sp³-hybridized carbons (Fsp3) is 0.833. The number of halogens is 1. The van der Waals surface area contributed by atoms with Crippen LogP contribution in [-0.2, 0) is 0 Å². The van der Waals surface area contributed by atoms with Gasteiger partial charge in [0.15, 0.2) is 0 Å². The van der Waals surface area contributed by atoms with Crippen molar-refractivity contribution in [3.05, 3.63) is 0 Å².